The average Bonchev–Trinajstić information content (AvgIpc) is 2.78. The number of nitrogens with zero attached hydrogens (tertiary/aromatic N) is 1. The summed E-state index contributed by atoms with van der Waals surface area (Å²) in [5, 5.41) is 6.39. The van der Waals surface area contributed by atoms with Gasteiger partial charge in [-0.15, -0.1) is 0 Å². The summed E-state index contributed by atoms with van der Waals surface area (Å²) in [6.45, 7) is -0.235. The first kappa shape index (κ1) is 23.4. The van der Waals surface area contributed by atoms with Crippen molar-refractivity contribution in [3.05, 3.63) is 98.4 Å². The Bertz CT molecular complexity index is 1180. The minimum Gasteiger partial charge on any atom is -0.423 e. The van der Waals surface area contributed by atoms with Crippen molar-refractivity contribution in [3.63, 3.8) is 0 Å². The lowest BCUT2D eigenvalue weighted by Gasteiger charge is -2.07. The van der Waals surface area contributed by atoms with E-state index in [1.54, 1.807) is 72.8 Å². The van der Waals surface area contributed by atoms with E-state index in [1.807, 2.05) is 0 Å². The van der Waals surface area contributed by atoms with Crippen molar-refractivity contribution in [2.75, 3.05) is 6.54 Å². The molecule has 0 aliphatic rings. The molecule has 0 radical (unpaired) electrons. The van der Waals surface area contributed by atoms with Crippen LogP contribution in [-0.2, 0) is 4.79 Å². The number of ether oxygens (including phenoxy) is 1. The molecule has 0 atom stereocenters. The molecule has 2 N–H and O–H groups in total. The number of amides is 2. The number of carbonyl (C=O) groups excluding carboxylic acids is 3. The lowest BCUT2D eigenvalue weighted by molar-refractivity contribution is -0.120. The topological polar surface area (TPSA) is 96.9 Å². The van der Waals surface area contributed by atoms with Gasteiger partial charge >= 0.3 is 5.97 Å². The molecule has 0 bridgehead atoms. The molecule has 0 aliphatic carbocycles. The van der Waals surface area contributed by atoms with Crippen molar-refractivity contribution in [1.29, 1.82) is 0 Å². The van der Waals surface area contributed by atoms with Crippen LogP contribution in [0.15, 0.2) is 86.8 Å². The highest BCUT2D eigenvalue weighted by atomic mass is 79.9. The van der Waals surface area contributed by atoms with Crippen molar-refractivity contribution < 1.29 is 19.1 Å². The molecule has 162 valence electrons. The number of carbonyl (C=O) groups is 3. The molecule has 3 aromatic rings. The zero-order valence-electron chi connectivity index (χ0n) is 16.5. The van der Waals surface area contributed by atoms with Crippen LogP contribution in [0, 0.1) is 0 Å². The molecule has 7 nitrogen and oxygen atoms in total. The molecule has 0 aliphatic heterocycles. The number of hydrogen-bond donors (Lipinski definition) is 2. The molecule has 0 aromatic heterocycles. The maximum absolute atomic E-state index is 12.3. The van der Waals surface area contributed by atoms with E-state index in [4.69, 9.17) is 4.74 Å². The maximum atomic E-state index is 12.3. The zero-order chi connectivity index (χ0) is 22.9. The molecule has 0 heterocycles. The largest absolute Gasteiger partial charge is 0.423 e. The number of rotatable bonds is 7. The standard InChI is InChI=1S/C23H17Br2N3O4/c24-19-10-3-1-8-17(19)22(30)26-14-21(29)28-27-13-15-6-5-7-16(12-15)32-23(31)18-9-2-4-11-20(18)25/h1-13H,14H2,(H,26,30)(H,28,29)/b27-13-. The van der Waals surface area contributed by atoms with Crippen LogP contribution in [0.2, 0.25) is 0 Å². The molecule has 32 heavy (non-hydrogen) atoms. The summed E-state index contributed by atoms with van der Waals surface area (Å²) < 4.78 is 6.67. The van der Waals surface area contributed by atoms with Gasteiger partial charge in [-0.25, -0.2) is 10.2 Å². The van der Waals surface area contributed by atoms with Crippen molar-refractivity contribution in [1.82, 2.24) is 10.7 Å². The van der Waals surface area contributed by atoms with E-state index in [0.29, 0.717) is 31.4 Å². The van der Waals surface area contributed by atoms with Gasteiger partial charge < -0.3 is 10.1 Å². The first-order valence-corrected chi connectivity index (χ1v) is 10.9. The molecule has 3 rings (SSSR count). The van der Waals surface area contributed by atoms with Gasteiger partial charge in [0, 0.05) is 8.95 Å². The highest BCUT2D eigenvalue weighted by Crippen LogP contribution is 2.20. The van der Waals surface area contributed by atoms with E-state index in [0.717, 1.165) is 0 Å². The predicted molar refractivity (Wildman–Crippen MR) is 128 cm³/mol. The van der Waals surface area contributed by atoms with Gasteiger partial charge in [-0.2, -0.15) is 5.10 Å². The Hall–Kier alpha value is -3.30. The van der Waals surface area contributed by atoms with Gasteiger partial charge in [0.05, 0.1) is 23.9 Å². The summed E-state index contributed by atoms with van der Waals surface area (Å²) in [6.07, 6.45) is 1.41. The van der Waals surface area contributed by atoms with Crippen LogP contribution in [-0.4, -0.2) is 30.5 Å². The Morgan fingerprint density at radius 3 is 2.22 bits per heavy atom. The Morgan fingerprint density at radius 1 is 0.875 bits per heavy atom. The zero-order valence-corrected chi connectivity index (χ0v) is 19.7. The Morgan fingerprint density at radius 2 is 1.53 bits per heavy atom. The second-order valence-electron chi connectivity index (χ2n) is 6.40. The van der Waals surface area contributed by atoms with E-state index in [9.17, 15) is 14.4 Å². The van der Waals surface area contributed by atoms with Crippen LogP contribution in [0.25, 0.3) is 0 Å². The third-order valence-corrected chi connectivity index (χ3v) is 5.48. The van der Waals surface area contributed by atoms with Crippen LogP contribution in [0.4, 0.5) is 0 Å². The third kappa shape index (κ3) is 6.60. The number of benzene rings is 3. The molecule has 0 spiro atoms. The number of hydrazone groups is 1. The molecular weight excluding hydrogens is 542 g/mol. The lowest BCUT2D eigenvalue weighted by atomic mass is 10.2. The van der Waals surface area contributed by atoms with E-state index in [2.05, 4.69) is 47.7 Å². The summed E-state index contributed by atoms with van der Waals surface area (Å²) in [6, 6.07) is 20.5. The summed E-state index contributed by atoms with van der Waals surface area (Å²) >= 11 is 6.61. The molecule has 9 heteroatoms. The van der Waals surface area contributed by atoms with E-state index < -0.39 is 11.9 Å². The van der Waals surface area contributed by atoms with Crippen LogP contribution in [0.3, 0.4) is 0 Å². The Balaban J connectivity index is 1.52. The lowest BCUT2D eigenvalue weighted by Crippen LogP contribution is -2.35. The van der Waals surface area contributed by atoms with Gasteiger partial charge in [-0.1, -0.05) is 36.4 Å². The number of halogens is 2. The van der Waals surface area contributed by atoms with Crippen LogP contribution >= 0.6 is 31.9 Å². The van der Waals surface area contributed by atoms with E-state index in [-0.39, 0.29) is 12.5 Å². The number of nitrogens with one attached hydrogen (secondary N) is 2. The Labute approximate surface area is 201 Å². The van der Waals surface area contributed by atoms with Crippen molar-refractivity contribution in [2.24, 2.45) is 5.10 Å². The van der Waals surface area contributed by atoms with Crippen LogP contribution in [0.1, 0.15) is 26.3 Å². The van der Waals surface area contributed by atoms with Gasteiger partial charge in [0.15, 0.2) is 0 Å². The van der Waals surface area contributed by atoms with Crippen LogP contribution < -0.4 is 15.5 Å². The fourth-order valence-corrected chi connectivity index (χ4v) is 3.48. The van der Waals surface area contributed by atoms with E-state index >= 15 is 0 Å². The van der Waals surface area contributed by atoms with Crippen LogP contribution in [0.5, 0.6) is 5.75 Å². The summed E-state index contributed by atoms with van der Waals surface area (Å²) in [5.74, 6) is -1.03. The molecule has 0 saturated heterocycles. The SMILES string of the molecule is O=C(CNC(=O)c1ccccc1Br)N/N=C\c1cccc(OC(=O)c2ccccc2Br)c1. The summed E-state index contributed by atoms with van der Waals surface area (Å²) in [4.78, 5) is 36.4. The second-order valence-corrected chi connectivity index (χ2v) is 8.11. The predicted octanol–water partition coefficient (Wildman–Crippen LogP) is 4.31. The highest BCUT2D eigenvalue weighted by molar-refractivity contribution is 9.10. The monoisotopic (exact) mass is 557 g/mol. The van der Waals surface area contributed by atoms with Crippen molar-refractivity contribution >= 4 is 55.9 Å². The molecular formula is C23H17Br2N3O4. The smallest absolute Gasteiger partial charge is 0.344 e. The molecule has 0 saturated carbocycles. The highest BCUT2D eigenvalue weighted by Gasteiger charge is 2.12. The fraction of sp³-hybridized carbons (Fsp3) is 0.0435. The fourth-order valence-electron chi connectivity index (χ4n) is 2.57. The molecule has 0 unspecified atom stereocenters. The quantitative estimate of drug-likeness (QED) is 0.195. The molecule has 2 amide bonds. The maximum Gasteiger partial charge on any atom is 0.344 e. The van der Waals surface area contributed by atoms with Gasteiger partial charge in [0.25, 0.3) is 11.8 Å². The normalized spacial score (nSPS) is 10.6. The van der Waals surface area contributed by atoms with Crippen molar-refractivity contribution in [2.45, 2.75) is 0 Å². The van der Waals surface area contributed by atoms with Gasteiger partial charge in [-0.05, 0) is 73.8 Å². The van der Waals surface area contributed by atoms with Gasteiger partial charge in [-0.3, -0.25) is 9.59 Å². The first-order valence-electron chi connectivity index (χ1n) is 9.35. The number of hydrogen-bond acceptors (Lipinski definition) is 5. The van der Waals surface area contributed by atoms with Gasteiger partial charge in [0.1, 0.15) is 5.75 Å². The Kier molecular flexibility index (Phi) is 8.29. The second kappa shape index (κ2) is 11.4. The summed E-state index contributed by atoms with van der Waals surface area (Å²) in [7, 11) is 0. The average molecular weight is 559 g/mol. The molecule has 0 fully saturated rings. The van der Waals surface area contributed by atoms with E-state index in [1.165, 1.54) is 6.21 Å². The third-order valence-electron chi connectivity index (χ3n) is 4.09. The minimum absolute atomic E-state index is 0.235. The summed E-state index contributed by atoms with van der Waals surface area (Å²) in [5.41, 5.74) is 3.78. The van der Waals surface area contributed by atoms with Crippen molar-refractivity contribution in [3.8, 4) is 5.75 Å². The minimum atomic E-state index is -0.499. The van der Waals surface area contributed by atoms with Gasteiger partial charge in [0.2, 0.25) is 0 Å². The first-order chi connectivity index (χ1) is 15.4. The molecule has 3 aromatic carbocycles. The number of esters is 1.